The number of fused-ring (bicyclic) bond motifs is 6. The van der Waals surface area contributed by atoms with Gasteiger partial charge in [-0.2, -0.15) is 0 Å². The molecule has 2 heteroatoms. The fourth-order valence-corrected chi connectivity index (χ4v) is 3.56. The summed E-state index contributed by atoms with van der Waals surface area (Å²) in [5.41, 5.74) is 8.00. The Labute approximate surface area is 117 Å². The lowest BCUT2D eigenvalue weighted by molar-refractivity contribution is 0.871. The van der Waals surface area contributed by atoms with E-state index < -0.39 is 0 Å². The van der Waals surface area contributed by atoms with Crippen molar-refractivity contribution in [1.29, 1.82) is 0 Å². The van der Waals surface area contributed by atoms with Crippen LogP contribution in [-0.2, 0) is 6.42 Å². The molecule has 3 aromatic rings. The minimum absolute atomic E-state index is 0.410. The molecule has 2 aromatic carbocycles. The van der Waals surface area contributed by atoms with Gasteiger partial charge in [-0.05, 0) is 23.8 Å². The molecule has 20 heavy (non-hydrogen) atoms. The number of para-hydroxylation sites is 2. The zero-order valence-electron chi connectivity index (χ0n) is 11.0. The van der Waals surface area contributed by atoms with E-state index in [1.54, 1.807) is 0 Å². The molecule has 2 nitrogen and oxygen atoms in total. The maximum absolute atomic E-state index is 3.63. The number of rotatable bonds is 0. The Morgan fingerprint density at radius 2 is 1.80 bits per heavy atom. The van der Waals surface area contributed by atoms with E-state index in [2.05, 4.69) is 64.9 Å². The Balaban J connectivity index is 1.78. The SMILES string of the molecule is C1=C2c3ccccc3NC2Cc2[nH]c3ccccc3c21. The van der Waals surface area contributed by atoms with Crippen molar-refractivity contribution in [1.82, 2.24) is 4.98 Å². The van der Waals surface area contributed by atoms with E-state index in [9.17, 15) is 0 Å². The van der Waals surface area contributed by atoms with Crippen LogP contribution in [0, 0.1) is 0 Å². The third kappa shape index (κ3) is 1.23. The lowest BCUT2D eigenvalue weighted by atomic mass is 9.90. The molecule has 1 aromatic heterocycles. The lowest BCUT2D eigenvalue weighted by Crippen LogP contribution is -2.20. The second-order valence-electron chi connectivity index (χ2n) is 5.61. The van der Waals surface area contributed by atoms with Crippen LogP contribution < -0.4 is 5.32 Å². The highest BCUT2D eigenvalue weighted by Crippen LogP contribution is 2.42. The quantitative estimate of drug-likeness (QED) is 0.625. The number of nitrogens with one attached hydrogen (secondary N) is 2. The molecule has 0 bridgehead atoms. The highest BCUT2D eigenvalue weighted by molar-refractivity contribution is 6.02. The van der Waals surface area contributed by atoms with Gasteiger partial charge in [-0.15, -0.1) is 0 Å². The van der Waals surface area contributed by atoms with Gasteiger partial charge in [-0.3, -0.25) is 0 Å². The monoisotopic (exact) mass is 258 g/mol. The highest BCUT2D eigenvalue weighted by atomic mass is 15.0. The minimum Gasteiger partial charge on any atom is -0.377 e. The Hall–Kier alpha value is -2.48. The molecule has 0 saturated heterocycles. The van der Waals surface area contributed by atoms with E-state index in [-0.39, 0.29) is 0 Å². The van der Waals surface area contributed by atoms with Gasteiger partial charge in [-0.25, -0.2) is 0 Å². The van der Waals surface area contributed by atoms with Gasteiger partial charge in [0, 0.05) is 39.8 Å². The topological polar surface area (TPSA) is 27.8 Å². The predicted molar refractivity (Wildman–Crippen MR) is 83.7 cm³/mol. The smallest absolute Gasteiger partial charge is 0.0575 e. The van der Waals surface area contributed by atoms with Crippen molar-refractivity contribution in [3.05, 3.63) is 65.4 Å². The highest BCUT2D eigenvalue weighted by Gasteiger charge is 2.30. The Morgan fingerprint density at radius 1 is 0.950 bits per heavy atom. The summed E-state index contributed by atoms with van der Waals surface area (Å²) >= 11 is 0. The normalized spacial score (nSPS) is 19.0. The van der Waals surface area contributed by atoms with E-state index in [0.717, 1.165) is 6.42 Å². The molecule has 0 saturated carbocycles. The van der Waals surface area contributed by atoms with E-state index in [1.807, 2.05) is 0 Å². The first kappa shape index (κ1) is 10.3. The predicted octanol–water partition coefficient (Wildman–Crippen LogP) is 4.06. The van der Waals surface area contributed by atoms with Gasteiger partial charge in [0.2, 0.25) is 0 Å². The maximum Gasteiger partial charge on any atom is 0.0575 e. The summed E-state index contributed by atoms with van der Waals surface area (Å²) in [6, 6.07) is 17.6. The van der Waals surface area contributed by atoms with Crippen LogP contribution in [0.2, 0.25) is 0 Å². The molecule has 1 aliphatic heterocycles. The van der Waals surface area contributed by atoms with Gasteiger partial charge in [-0.1, -0.05) is 36.4 Å². The molecule has 0 amide bonds. The second kappa shape index (κ2) is 3.54. The first-order valence-electron chi connectivity index (χ1n) is 7.07. The van der Waals surface area contributed by atoms with E-state index in [4.69, 9.17) is 0 Å². The van der Waals surface area contributed by atoms with E-state index >= 15 is 0 Å². The largest absolute Gasteiger partial charge is 0.377 e. The van der Waals surface area contributed by atoms with Crippen molar-refractivity contribution in [3.63, 3.8) is 0 Å². The zero-order valence-corrected chi connectivity index (χ0v) is 11.0. The standard InChI is InChI=1S/C18H14N2/c1-3-7-15-11(5-1)13-9-14-12-6-2-4-8-16(12)20-18(14)10-17(13)19-15/h1-9,17,19-20H,10H2. The van der Waals surface area contributed by atoms with Gasteiger partial charge >= 0.3 is 0 Å². The minimum atomic E-state index is 0.410. The fourth-order valence-electron chi connectivity index (χ4n) is 3.56. The van der Waals surface area contributed by atoms with Crippen LogP contribution >= 0.6 is 0 Å². The summed E-state index contributed by atoms with van der Waals surface area (Å²) in [6.07, 6.45) is 3.39. The van der Waals surface area contributed by atoms with Crippen molar-refractivity contribution < 1.29 is 0 Å². The van der Waals surface area contributed by atoms with Gasteiger partial charge in [0.1, 0.15) is 0 Å². The van der Waals surface area contributed by atoms with Crippen LogP contribution in [0.3, 0.4) is 0 Å². The van der Waals surface area contributed by atoms with Crippen LogP contribution in [0.15, 0.2) is 48.5 Å². The molecule has 5 rings (SSSR count). The summed E-state index contributed by atoms with van der Waals surface area (Å²) < 4.78 is 0. The summed E-state index contributed by atoms with van der Waals surface area (Å²) in [7, 11) is 0. The molecule has 2 N–H and O–H groups in total. The number of anilines is 1. The molecular weight excluding hydrogens is 244 g/mol. The van der Waals surface area contributed by atoms with Crippen molar-refractivity contribution in [2.75, 3.05) is 5.32 Å². The van der Waals surface area contributed by atoms with Crippen LogP contribution in [0.1, 0.15) is 16.8 Å². The van der Waals surface area contributed by atoms with Crippen LogP contribution in [0.4, 0.5) is 5.69 Å². The number of aromatic amines is 1. The number of H-pyrrole nitrogens is 1. The fraction of sp³-hybridized carbons (Fsp3) is 0.111. The molecule has 2 heterocycles. The molecule has 1 aliphatic carbocycles. The molecule has 1 atom stereocenters. The maximum atomic E-state index is 3.63. The number of hydrogen-bond acceptors (Lipinski definition) is 1. The second-order valence-corrected chi connectivity index (χ2v) is 5.61. The molecule has 0 fully saturated rings. The Morgan fingerprint density at radius 3 is 2.80 bits per heavy atom. The van der Waals surface area contributed by atoms with Crippen molar-refractivity contribution in [2.24, 2.45) is 0 Å². The third-order valence-corrected chi connectivity index (χ3v) is 4.48. The molecular formula is C18H14N2. The first-order valence-corrected chi connectivity index (χ1v) is 7.07. The summed E-state index contributed by atoms with van der Waals surface area (Å²) in [5.74, 6) is 0. The van der Waals surface area contributed by atoms with Crippen LogP contribution in [0.25, 0.3) is 22.6 Å². The summed E-state index contributed by atoms with van der Waals surface area (Å²) in [4.78, 5) is 3.57. The van der Waals surface area contributed by atoms with Gasteiger partial charge in [0.15, 0.2) is 0 Å². The van der Waals surface area contributed by atoms with E-state index in [1.165, 1.54) is 39.0 Å². The van der Waals surface area contributed by atoms with E-state index in [0.29, 0.717) is 6.04 Å². The van der Waals surface area contributed by atoms with Crippen LogP contribution in [0.5, 0.6) is 0 Å². The number of benzene rings is 2. The van der Waals surface area contributed by atoms with Crippen molar-refractivity contribution in [2.45, 2.75) is 12.5 Å². The average Bonchev–Trinajstić information content (AvgIpc) is 3.02. The number of aromatic nitrogens is 1. The zero-order chi connectivity index (χ0) is 13.1. The molecule has 0 radical (unpaired) electrons. The molecule has 2 aliphatic rings. The molecule has 96 valence electrons. The van der Waals surface area contributed by atoms with Crippen molar-refractivity contribution in [3.8, 4) is 0 Å². The molecule has 0 spiro atoms. The van der Waals surface area contributed by atoms with Crippen LogP contribution in [-0.4, -0.2) is 11.0 Å². The van der Waals surface area contributed by atoms with Gasteiger partial charge in [0.25, 0.3) is 0 Å². The third-order valence-electron chi connectivity index (χ3n) is 4.48. The average molecular weight is 258 g/mol. The summed E-state index contributed by atoms with van der Waals surface area (Å²) in [5, 5.41) is 4.96. The molecule has 1 unspecified atom stereocenters. The number of hydrogen-bond donors (Lipinski definition) is 2. The summed E-state index contributed by atoms with van der Waals surface area (Å²) in [6.45, 7) is 0. The van der Waals surface area contributed by atoms with Crippen molar-refractivity contribution >= 4 is 28.2 Å². The Kier molecular flexibility index (Phi) is 1.83. The van der Waals surface area contributed by atoms with Gasteiger partial charge in [0.05, 0.1) is 6.04 Å². The Bertz CT molecular complexity index is 870. The van der Waals surface area contributed by atoms with Gasteiger partial charge < -0.3 is 10.3 Å². The lowest BCUT2D eigenvalue weighted by Gasteiger charge is -2.18. The first-order chi connectivity index (χ1) is 9.90.